The van der Waals surface area contributed by atoms with Gasteiger partial charge >= 0.3 is 0 Å². The van der Waals surface area contributed by atoms with E-state index in [4.69, 9.17) is 0 Å². The molecule has 0 spiro atoms. The number of pyridine rings is 1. The molecule has 150 valence electrons. The third-order valence-corrected chi connectivity index (χ3v) is 7.18. The first kappa shape index (κ1) is 20.3. The number of halogens is 1. The first-order chi connectivity index (χ1) is 14.2. The van der Waals surface area contributed by atoms with E-state index in [-0.39, 0.29) is 11.7 Å². The van der Waals surface area contributed by atoms with Gasteiger partial charge in [0.05, 0.1) is 5.75 Å². The molecule has 0 bridgehead atoms. The number of aromatic nitrogens is 4. The van der Waals surface area contributed by atoms with Crippen LogP contribution in [0, 0.1) is 0 Å². The van der Waals surface area contributed by atoms with Crippen LogP contribution in [0.2, 0.25) is 0 Å². The Labute approximate surface area is 186 Å². The highest BCUT2D eigenvalue weighted by molar-refractivity contribution is 9.10. The highest BCUT2D eigenvalue weighted by Gasteiger charge is 2.22. The number of hydrogen-bond donors (Lipinski definition) is 1. The lowest BCUT2D eigenvalue weighted by Gasteiger charge is -2.13. The second-order valence-corrected chi connectivity index (χ2v) is 9.48. The monoisotopic (exact) mass is 489 g/mol. The molecule has 3 aromatic heterocycles. The van der Waals surface area contributed by atoms with Crippen LogP contribution in [-0.2, 0) is 24.2 Å². The first-order valence-electron chi connectivity index (χ1n) is 9.33. The summed E-state index contributed by atoms with van der Waals surface area (Å²) in [7, 11) is 0. The quantitative estimate of drug-likeness (QED) is 0.375. The van der Waals surface area contributed by atoms with Crippen molar-refractivity contribution in [3.05, 3.63) is 51.3 Å². The fourth-order valence-electron chi connectivity index (χ4n) is 3.33. The lowest BCUT2D eigenvalue weighted by Crippen LogP contribution is -2.15. The van der Waals surface area contributed by atoms with Gasteiger partial charge in [0.2, 0.25) is 5.91 Å². The normalized spacial score (nSPS) is 13.1. The number of amides is 1. The third kappa shape index (κ3) is 4.62. The van der Waals surface area contributed by atoms with Gasteiger partial charge in [0.15, 0.2) is 11.0 Å². The Morgan fingerprint density at radius 2 is 2.21 bits per heavy atom. The van der Waals surface area contributed by atoms with Crippen LogP contribution in [-0.4, -0.2) is 31.4 Å². The summed E-state index contributed by atoms with van der Waals surface area (Å²) >= 11 is 6.52. The zero-order chi connectivity index (χ0) is 20.2. The highest BCUT2D eigenvalue weighted by atomic mass is 79.9. The van der Waals surface area contributed by atoms with E-state index < -0.39 is 0 Å². The number of aryl methyl sites for hydroxylation is 1. The number of carbonyl (C=O) groups excluding carboxylic acids is 1. The van der Waals surface area contributed by atoms with Crippen molar-refractivity contribution in [2.24, 2.45) is 0 Å². The summed E-state index contributed by atoms with van der Waals surface area (Å²) in [5.74, 6) is 1.49. The van der Waals surface area contributed by atoms with E-state index in [1.807, 2.05) is 28.0 Å². The van der Waals surface area contributed by atoms with Crippen LogP contribution in [0.5, 0.6) is 0 Å². The third-order valence-electron chi connectivity index (χ3n) is 4.66. The fraction of sp³-hybridized carbons (Fsp3) is 0.300. The number of anilines is 1. The molecule has 3 aromatic rings. The molecule has 1 N–H and O–H groups in total. The maximum Gasteiger partial charge on any atom is 0.236 e. The van der Waals surface area contributed by atoms with Crippen molar-refractivity contribution in [3.63, 3.8) is 0 Å². The molecular formula is C20H20BrN5OS2. The Morgan fingerprint density at radius 1 is 1.34 bits per heavy atom. The second kappa shape index (κ2) is 9.23. The lowest BCUT2D eigenvalue weighted by molar-refractivity contribution is -0.113. The Balaban J connectivity index is 1.49. The largest absolute Gasteiger partial charge is 0.310 e. The minimum absolute atomic E-state index is 0.132. The van der Waals surface area contributed by atoms with Crippen LogP contribution in [0.1, 0.15) is 23.3 Å². The molecule has 3 heterocycles. The van der Waals surface area contributed by atoms with Crippen molar-refractivity contribution in [2.75, 3.05) is 11.1 Å². The van der Waals surface area contributed by atoms with Gasteiger partial charge in [-0.3, -0.25) is 9.36 Å². The maximum atomic E-state index is 12.3. The molecule has 29 heavy (non-hydrogen) atoms. The molecule has 6 nitrogen and oxygen atoms in total. The number of nitrogens with zero attached hydrogens (tertiary/aromatic N) is 4. The van der Waals surface area contributed by atoms with Crippen LogP contribution in [0.15, 0.2) is 46.0 Å². The van der Waals surface area contributed by atoms with E-state index in [1.54, 1.807) is 12.3 Å². The summed E-state index contributed by atoms with van der Waals surface area (Å²) in [5.41, 5.74) is 2.59. The zero-order valence-corrected chi connectivity index (χ0v) is 18.9. The Bertz CT molecular complexity index is 1030. The van der Waals surface area contributed by atoms with E-state index in [1.165, 1.54) is 40.6 Å². The Morgan fingerprint density at radius 3 is 3.00 bits per heavy atom. The van der Waals surface area contributed by atoms with Gasteiger partial charge in [-0.1, -0.05) is 17.8 Å². The number of hydrogen-bond acceptors (Lipinski definition) is 6. The molecule has 1 aliphatic rings. The number of fused-ring (bicyclic) bond motifs is 1. The van der Waals surface area contributed by atoms with E-state index in [2.05, 4.69) is 48.4 Å². The van der Waals surface area contributed by atoms with Crippen molar-refractivity contribution < 1.29 is 4.79 Å². The Hall–Kier alpha value is -1.97. The van der Waals surface area contributed by atoms with Crippen LogP contribution >= 0.6 is 39.0 Å². The number of carbonyl (C=O) groups is 1. The van der Waals surface area contributed by atoms with Crippen molar-refractivity contribution in [1.29, 1.82) is 0 Å². The van der Waals surface area contributed by atoms with Gasteiger partial charge in [-0.05, 0) is 59.3 Å². The van der Waals surface area contributed by atoms with Gasteiger partial charge in [0, 0.05) is 33.0 Å². The molecule has 0 fully saturated rings. The fourth-order valence-corrected chi connectivity index (χ4v) is 5.44. The topological polar surface area (TPSA) is 72.7 Å². The molecule has 4 rings (SSSR count). The Kier molecular flexibility index (Phi) is 6.46. The molecule has 0 aliphatic heterocycles. The number of allylic oxidation sites excluding steroid dienone is 1. The molecule has 1 aliphatic carbocycles. The number of thiophene rings is 1. The molecule has 0 aromatic carbocycles. The average molecular weight is 490 g/mol. The van der Waals surface area contributed by atoms with Gasteiger partial charge in [0.1, 0.15) is 5.82 Å². The van der Waals surface area contributed by atoms with Gasteiger partial charge in [-0.2, -0.15) is 0 Å². The minimum Gasteiger partial charge on any atom is -0.310 e. The van der Waals surface area contributed by atoms with Gasteiger partial charge in [0.25, 0.3) is 0 Å². The highest BCUT2D eigenvalue weighted by Crippen LogP contribution is 2.36. The predicted molar refractivity (Wildman–Crippen MR) is 121 cm³/mol. The van der Waals surface area contributed by atoms with E-state index >= 15 is 0 Å². The molecule has 1 amide bonds. The average Bonchev–Trinajstić information content (AvgIpc) is 3.32. The molecule has 0 radical (unpaired) electrons. The van der Waals surface area contributed by atoms with E-state index in [9.17, 15) is 4.79 Å². The van der Waals surface area contributed by atoms with Gasteiger partial charge in [-0.15, -0.1) is 28.1 Å². The first-order valence-corrected chi connectivity index (χ1v) is 12.0. The van der Waals surface area contributed by atoms with Crippen molar-refractivity contribution in [1.82, 2.24) is 19.7 Å². The molecule has 0 atom stereocenters. The van der Waals surface area contributed by atoms with E-state index in [0.717, 1.165) is 28.3 Å². The van der Waals surface area contributed by atoms with Gasteiger partial charge < -0.3 is 5.32 Å². The molecule has 9 heteroatoms. The minimum atomic E-state index is -0.132. The van der Waals surface area contributed by atoms with Crippen molar-refractivity contribution in [2.45, 2.75) is 37.4 Å². The summed E-state index contributed by atoms with van der Waals surface area (Å²) in [4.78, 5) is 17.9. The molecular weight excluding hydrogens is 470 g/mol. The summed E-state index contributed by atoms with van der Waals surface area (Å²) in [6.45, 7) is 4.47. The second-order valence-electron chi connectivity index (χ2n) is 6.66. The summed E-state index contributed by atoms with van der Waals surface area (Å²) in [6, 6.07) is 3.59. The smallest absolute Gasteiger partial charge is 0.236 e. The van der Waals surface area contributed by atoms with Crippen LogP contribution in [0.25, 0.3) is 11.4 Å². The van der Waals surface area contributed by atoms with Crippen molar-refractivity contribution in [3.8, 4) is 11.4 Å². The molecule has 0 unspecified atom stereocenters. The molecule has 0 saturated heterocycles. The standard InChI is InChI=1S/C20H20BrN5OS2/c1-2-9-26-19(15-11-28-16-6-4-3-5-14(15)16)24-25-20(26)29-12-18(27)23-17-8-7-13(21)10-22-17/h2,7-8,10-11H,1,3-6,9,12H2,(H,22,23,27). The summed E-state index contributed by atoms with van der Waals surface area (Å²) < 4.78 is 2.91. The SMILES string of the molecule is C=CCn1c(SCC(=O)Nc2ccc(Br)cn2)nnc1-c1csc2c1CCCC2. The number of thioether (sulfide) groups is 1. The zero-order valence-electron chi connectivity index (χ0n) is 15.7. The van der Waals surface area contributed by atoms with Crippen LogP contribution in [0.4, 0.5) is 5.82 Å². The van der Waals surface area contributed by atoms with Crippen molar-refractivity contribution >= 4 is 50.8 Å². The number of rotatable bonds is 7. The predicted octanol–water partition coefficient (Wildman–Crippen LogP) is 4.96. The number of nitrogens with one attached hydrogen (secondary N) is 1. The molecule has 0 saturated carbocycles. The van der Waals surface area contributed by atoms with Gasteiger partial charge in [-0.25, -0.2) is 4.98 Å². The summed E-state index contributed by atoms with van der Waals surface area (Å²) in [5, 5.41) is 14.5. The van der Waals surface area contributed by atoms with Crippen LogP contribution in [0.3, 0.4) is 0 Å². The summed E-state index contributed by atoms with van der Waals surface area (Å²) in [6.07, 6.45) is 8.22. The van der Waals surface area contributed by atoms with Crippen LogP contribution < -0.4 is 5.32 Å². The maximum absolute atomic E-state index is 12.3. The lowest BCUT2D eigenvalue weighted by atomic mass is 9.95. The van der Waals surface area contributed by atoms with E-state index in [0.29, 0.717) is 12.4 Å².